The molecule has 1 atom stereocenters. The minimum absolute atomic E-state index is 0.173. The van der Waals surface area contributed by atoms with E-state index < -0.39 is 0 Å². The molecule has 0 radical (unpaired) electrons. The van der Waals surface area contributed by atoms with Crippen molar-refractivity contribution in [3.63, 3.8) is 0 Å². The van der Waals surface area contributed by atoms with E-state index in [2.05, 4.69) is 25.1 Å². The molecule has 0 saturated heterocycles. The number of hydrogen-bond donors (Lipinski definition) is 1. The number of hydrogen-bond acceptors (Lipinski definition) is 2. The molecule has 0 amide bonds. The van der Waals surface area contributed by atoms with Crippen LogP contribution in [-0.2, 0) is 4.74 Å². The molecule has 1 unspecified atom stereocenters. The van der Waals surface area contributed by atoms with Crippen LogP contribution >= 0.6 is 0 Å². The molecular formula is C10H19NO. The second-order valence-corrected chi connectivity index (χ2v) is 2.68. The second-order valence-electron chi connectivity index (χ2n) is 2.68. The highest BCUT2D eigenvalue weighted by molar-refractivity contribution is 4.98. The van der Waals surface area contributed by atoms with Gasteiger partial charge >= 0.3 is 0 Å². The van der Waals surface area contributed by atoms with Crippen molar-refractivity contribution in [1.29, 1.82) is 0 Å². The average Bonchev–Trinajstić information content (AvgIpc) is 2.10. The normalized spacial score (nSPS) is 12.4. The van der Waals surface area contributed by atoms with Crippen molar-refractivity contribution in [3.8, 4) is 12.3 Å². The van der Waals surface area contributed by atoms with Crippen LogP contribution in [0.25, 0.3) is 0 Å². The zero-order valence-electron chi connectivity index (χ0n) is 8.10. The van der Waals surface area contributed by atoms with Gasteiger partial charge in [-0.1, -0.05) is 19.8 Å². The fraction of sp³-hybridized carbons (Fsp3) is 0.800. The topological polar surface area (TPSA) is 21.3 Å². The SMILES string of the molecule is C#CC(CCOCCC)NCC. The van der Waals surface area contributed by atoms with E-state index in [0.717, 1.165) is 32.6 Å². The molecular weight excluding hydrogens is 150 g/mol. The third-order valence-electron chi connectivity index (χ3n) is 1.55. The monoisotopic (exact) mass is 169 g/mol. The number of terminal acetylenes is 1. The second kappa shape index (κ2) is 8.58. The molecule has 0 aliphatic rings. The summed E-state index contributed by atoms with van der Waals surface area (Å²) in [6.45, 7) is 6.67. The van der Waals surface area contributed by atoms with Crippen molar-refractivity contribution in [1.82, 2.24) is 5.32 Å². The fourth-order valence-electron chi connectivity index (χ4n) is 0.938. The summed E-state index contributed by atoms with van der Waals surface area (Å²) >= 11 is 0. The summed E-state index contributed by atoms with van der Waals surface area (Å²) in [6, 6.07) is 0.173. The van der Waals surface area contributed by atoms with E-state index in [1.807, 2.05) is 0 Å². The van der Waals surface area contributed by atoms with Gasteiger partial charge < -0.3 is 10.1 Å². The van der Waals surface area contributed by atoms with Gasteiger partial charge in [-0.25, -0.2) is 0 Å². The fourth-order valence-corrected chi connectivity index (χ4v) is 0.938. The quantitative estimate of drug-likeness (QED) is 0.459. The van der Waals surface area contributed by atoms with Crippen molar-refractivity contribution >= 4 is 0 Å². The molecule has 70 valence electrons. The zero-order valence-corrected chi connectivity index (χ0v) is 8.10. The lowest BCUT2D eigenvalue weighted by atomic mass is 10.2. The van der Waals surface area contributed by atoms with Crippen molar-refractivity contribution in [2.45, 2.75) is 32.7 Å². The molecule has 0 aliphatic heterocycles. The van der Waals surface area contributed by atoms with Gasteiger partial charge in [-0.05, 0) is 19.4 Å². The summed E-state index contributed by atoms with van der Waals surface area (Å²) in [5.74, 6) is 2.69. The van der Waals surface area contributed by atoms with E-state index in [1.54, 1.807) is 0 Å². The molecule has 0 bridgehead atoms. The van der Waals surface area contributed by atoms with Crippen molar-refractivity contribution in [3.05, 3.63) is 0 Å². The molecule has 0 aliphatic carbocycles. The molecule has 0 aromatic rings. The Balaban J connectivity index is 3.27. The highest BCUT2D eigenvalue weighted by Gasteiger charge is 2.00. The van der Waals surface area contributed by atoms with E-state index >= 15 is 0 Å². The molecule has 0 spiro atoms. The summed E-state index contributed by atoms with van der Waals surface area (Å²) in [5.41, 5.74) is 0. The van der Waals surface area contributed by atoms with Gasteiger partial charge in [0.15, 0.2) is 0 Å². The Bertz CT molecular complexity index is 128. The van der Waals surface area contributed by atoms with Crippen LogP contribution in [0, 0.1) is 12.3 Å². The summed E-state index contributed by atoms with van der Waals surface area (Å²) < 4.78 is 5.33. The molecule has 12 heavy (non-hydrogen) atoms. The predicted molar refractivity (Wildman–Crippen MR) is 52.0 cm³/mol. The van der Waals surface area contributed by atoms with Crippen molar-refractivity contribution in [2.24, 2.45) is 0 Å². The Morgan fingerprint density at radius 2 is 2.17 bits per heavy atom. The van der Waals surface area contributed by atoms with Gasteiger partial charge in [0.2, 0.25) is 0 Å². The first-order chi connectivity index (χ1) is 5.85. The maximum atomic E-state index is 5.33. The van der Waals surface area contributed by atoms with Crippen LogP contribution in [0.2, 0.25) is 0 Å². The van der Waals surface area contributed by atoms with Gasteiger partial charge in [-0.15, -0.1) is 6.42 Å². The van der Waals surface area contributed by atoms with E-state index in [1.165, 1.54) is 0 Å². The summed E-state index contributed by atoms with van der Waals surface area (Å²) in [6.07, 6.45) is 7.28. The average molecular weight is 169 g/mol. The maximum Gasteiger partial charge on any atom is 0.0708 e. The molecule has 0 saturated carbocycles. The van der Waals surface area contributed by atoms with Crippen LogP contribution in [0.3, 0.4) is 0 Å². The predicted octanol–water partition coefficient (Wildman–Crippen LogP) is 1.41. The lowest BCUT2D eigenvalue weighted by Gasteiger charge is -2.10. The van der Waals surface area contributed by atoms with Gasteiger partial charge in [-0.3, -0.25) is 0 Å². The van der Waals surface area contributed by atoms with Crippen LogP contribution in [0.15, 0.2) is 0 Å². The summed E-state index contributed by atoms with van der Waals surface area (Å²) in [4.78, 5) is 0. The standard InChI is InChI=1S/C10H19NO/c1-4-8-12-9-7-10(5-2)11-6-3/h2,10-11H,4,6-9H2,1,3H3. The highest BCUT2D eigenvalue weighted by atomic mass is 16.5. The Kier molecular flexibility index (Phi) is 8.20. The van der Waals surface area contributed by atoms with Crippen molar-refractivity contribution in [2.75, 3.05) is 19.8 Å². The molecule has 0 heterocycles. The van der Waals surface area contributed by atoms with Gasteiger partial charge in [0.05, 0.1) is 6.04 Å². The molecule has 0 aromatic heterocycles. The maximum absolute atomic E-state index is 5.33. The van der Waals surface area contributed by atoms with E-state index in [9.17, 15) is 0 Å². The van der Waals surface area contributed by atoms with Crippen LogP contribution in [0.5, 0.6) is 0 Å². The smallest absolute Gasteiger partial charge is 0.0708 e. The number of ether oxygens (including phenoxy) is 1. The minimum Gasteiger partial charge on any atom is -0.381 e. The van der Waals surface area contributed by atoms with Crippen LogP contribution in [0.4, 0.5) is 0 Å². The lowest BCUT2D eigenvalue weighted by molar-refractivity contribution is 0.128. The van der Waals surface area contributed by atoms with E-state index in [-0.39, 0.29) is 6.04 Å². The Hall–Kier alpha value is -0.520. The highest BCUT2D eigenvalue weighted by Crippen LogP contribution is 1.91. The Morgan fingerprint density at radius 1 is 1.42 bits per heavy atom. The lowest BCUT2D eigenvalue weighted by Crippen LogP contribution is -2.28. The third kappa shape index (κ3) is 6.21. The first kappa shape index (κ1) is 11.5. The van der Waals surface area contributed by atoms with Crippen LogP contribution in [-0.4, -0.2) is 25.8 Å². The molecule has 2 nitrogen and oxygen atoms in total. The summed E-state index contributed by atoms with van der Waals surface area (Å²) in [5, 5.41) is 3.19. The number of rotatable bonds is 7. The first-order valence-electron chi connectivity index (χ1n) is 4.62. The van der Waals surface area contributed by atoms with Crippen LogP contribution < -0.4 is 5.32 Å². The molecule has 1 N–H and O–H groups in total. The van der Waals surface area contributed by atoms with Crippen LogP contribution in [0.1, 0.15) is 26.7 Å². The molecule has 2 heteroatoms. The first-order valence-corrected chi connectivity index (χ1v) is 4.62. The Morgan fingerprint density at radius 3 is 2.67 bits per heavy atom. The van der Waals surface area contributed by atoms with Gasteiger partial charge in [0, 0.05) is 13.2 Å². The van der Waals surface area contributed by atoms with Gasteiger partial charge in [-0.2, -0.15) is 0 Å². The van der Waals surface area contributed by atoms with E-state index in [0.29, 0.717) is 0 Å². The van der Waals surface area contributed by atoms with Gasteiger partial charge in [0.25, 0.3) is 0 Å². The Labute approximate surface area is 75.7 Å². The molecule has 0 fully saturated rings. The summed E-state index contributed by atoms with van der Waals surface area (Å²) in [7, 11) is 0. The van der Waals surface area contributed by atoms with E-state index in [4.69, 9.17) is 11.2 Å². The third-order valence-corrected chi connectivity index (χ3v) is 1.55. The van der Waals surface area contributed by atoms with Gasteiger partial charge in [0.1, 0.15) is 0 Å². The molecule has 0 rings (SSSR count). The largest absolute Gasteiger partial charge is 0.381 e. The number of nitrogens with one attached hydrogen (secondary N) is 1. The molecule has 0 aromatic carbocycles. The van der Waals surface area contributed by atoms with Crippen molar-refractivity contribution < 1.29 is 4.74 Å². The zero-order chi connectivity index (χ0) is 9.23. The minimum atomic E-state index is 0.173.